The van der Waals surface area contributed by atoms with Crippen molar-refractivity contribution in [2.45, 2.75) is 24.1 Å². The Labute approximate surface area is 141 Å². The van der Waals surface area contributed by atoms with Gasteiger partial charge in [0, 0.05) is 31.4 Å². The van der Waals surface area contributed by atoms with E-state index in [9.17, 15) is 17.6 Å². The van der Waals surface area contributed by atoms with Gasteiger partial charge in [0.2, 0.25) is 0 Å². The van der Waals surface area contributed by atoms with Gasteiger partial charge in [-0.2, -0.15) is 0 Å². The molecule has 0 saturated carbocycles. The van der Waals surface area contributed by atoms with E-state index in [4.69, 9.17) is 0 Å². The zero-order valence-corrected chi connectivity index (χ0v) is 14.4. The van der Waals surface area contributed by atoms with Gasteiger partial charge in [0.25, 0.3) is 0 Å². The van der Waals surface area contributed by atoms with Crippen molar-refractivity contribution in [3.05, 3.63) is 30.1 Å². The summed E-state index contributed by atoms with van der Waals surface area (Å²) in [6.07, 6.45) is 1.09. The van der Waals surface area contributed by atoms with E-state index in [-0.39, 0.29) is 23.6 Å². The first kappa shape index (κ1) is 17.2. The van der Waals surface area contributed by atoms with Gasteiger partial charge in [0.05, 0.1) is 11.0 Å². The minimum atomic E-state index is -3.09. The molecule has 2 amide bonds. The highest BCUT2D eigenvalue weighted by molar-refractivity contribution is 7.92. The zero-order chi connectivity index (χ0) is 17.3. The van der Waals surface area contributed by atoms with Crippen LogP contribution in [0.3, 0.4) is 0 Å². The second-order valence-corrected chi connectivity index (χ2v) is 8.79. The van der Waals surface area contributed by atoms with E-state index < -0.39 is 15.1 Å². The molecule has 2 aliphatic heterocycles. The number of anilines is 1. The molecule has 2 heterocycles. The number of halogens is 1. The number of likely N-dealkylation sites (tertiary alicyclic amines) is 1. The molecule has 24 heavy (non-hydrogen) atoms. The maximum Gasteiger partial charge on any atom is 0.321 e. The summed E-state index contributed by atoms with van der Waals surface area (Å²) in [5, 5.41) is 2.33. The fraction of sp³-hybridized carbons (Fsp3) is 0.562. The highest BCUT2D eigenvalue weighted by Crippen LogP contribution is 2.27. The van der Waals surface area contributed by atoms with Crippen LogP contribution in [0.5, 0.6) is 0 Å². The molecule has 2 atom stereocenters. The Morgan fingerprint density at radius 3 is 2.54 bits per heavy atom. The maximum atomic E-state index is 12.9. The van der Waals surface area contributed by atoms with Gasteiger partial charge in [0.15, 0.2) is 9.84 Å². The number of urea groups is 1. The van der Waals surface area contributed by atoms with E-state index in [1.165, 1.54) is 24.3 Å². The molecular formula is C16H22FN3O3S. The van der Waals surface area contributed by atoms with E-state index in [0.717, 1.165) is 0 Å². The Balaban J connectivity index is 1.68. The van der Waals surface area contributed by atoms with Gasteiger partial charge in [0.1, 0.15) is 5.82 Å². The second-order valence-electron chi connectivity index (χ2n) is 6.45. The lowest BCUT2D eigenvalue weighted by Crippen LogP contribution is -2.52. The summed E-state index contributed by atoms with van der Waals surface area (Å²) < 4.78 is 37.6. The van der Waals surface area contributed by atoms with Crippen molar-refractivity contribution in [2.24, 2.45) is 0 Å². The van der Waals surface area contributed by atoms with Gasteiger partial charge in [-0.05, 0) is 44.2 Å². The molecule has 1 N–H and O–H groups in total. The average molecular weight is 355 g/mol. The van der Waals surface area contributed by atoms with Crippen molar-refractivity contribution >= 4 is 21.6 Å². The Morgan fingerprint density at radius 2 is 1.83 bits per heavy atom. The molecule has 132 valence electrons. The molecule has 0 spiro atoms. The van der Waals surface area contributed by atoms with Crippen LogP contribution in [0.2, 0.25) is 0 Å². The summed E-state index contributed by atoms with van der Waals surface area (Å²) in [4.78, 5) is 16.1. The molecular weight excluding hydrogens is 333 g/mol. The standard InChI is InChI=1S/C16H22FN3O3S/c1-19-10-11-24(22,23)15-7-9-20(8-6-14(15)19)16(21)18-13-4-2-12(17)3-5-13/h2-5,14-15H,6-11H2,1H3,(H,18,21)/t14-,15+/m0/s1. The molecule has 0 radical (unpaired) electrons. The van der Waals surface area contributed by atoms with E-state index in [2.05, 4.69) is 10.2 Å². The summed E-state index contributed by atoms with van der Waals surface area (Å²) in [6.45, 7) is 1.46. The van der Waals surface area contributed by atoms with E-state index in [0.29, 0.717) is 38.2 Å². The molecule has 0 unspecified atom stereocenters. The number of carbonyl (C=O) groups excluding carboxylic acids is 1. The minimum Gasteiger partial charge on any atom is -0.324 e. The van der Waals surface area contributed by atoms with Gasteiger partial charge in [-0.1, -0.05) is 0 Å². The fourth-order valence-electron chi connectivity index (χ4n) is 3.51. The number of hydrogen-bond acceptors (Lipinski definition) is 4. The Kier molecular flexibility index (Phi) is 4.78. The first-order chi connectivity index (χ1) is 11.4. The molecule has 2 aliphatic rings. The van der Waals surface area contributed by atoms with Crippen molar-refractivity contribution in [3.63, 3.8) is 0 Å². The zero-order valence-electron chi connectivity index (χ0n) is 13.6. The summed E-state index contributed by atoms with van der Waals surface area (Å²) >= 11 is 0. The molecule has 3 rings (SSSR count). The number of amides is 2. The van der Waals surface area contributed by atoms with Gasteiger partial charge in [-0.15, -0.1) is 0 Å². The van der Waals surface area contributed by atoms with Crippen molar-refractivity contribution in [1.29, 1.82) is 0 Å². The summed E-state index contributed by atoms with van der Waals surface area (Å²) in [6, 6.07) is 5.27. The highest BCUT2D eigenvalue weighted by atomic mass is 32.2. The molecule has 2 saturated heterocycles. The normalized spacial score (nSPS) is 27.2. The third-order valence-electron chi connectivity index (χ3n) is 4.95. The van der Waals surface area contributed by atoms with Crippen LogP contribution in [0.25, 0.3) is 0 Å². The number of fused-ring (bicyclic) bond motifs is 1. The lowest BCUT2D eigenvalue weighted by Gasteiger charge is -2.37. The van der Waals surface area contributed by atoms with E-state index in [1.807, 2.05) is 7.05 Å². The fourth-order valence-corrected chi connectivity index (χ4v) is 5.64. The Hall–Kier alpha value is -1.67. The number of benzene rings is 1. The number of nitrogens with one attached hydrogen (secondary N) is 1. The van der Waals surface area contributed by atoms with Crippen molar-refractivity contribution < 1.29 is 17.6 Å². The Morgan fingerprint density at radius 1 is 1.17 bits per heavy atom. The molecule has 1 aromatic carbocycles. The van der Waals surface area contributed by atoms with Crippen molar-refractivity contribution in [2.75, 3.05) is 37.8 Å². The quantitative estimate of drug-likeness (QED) is 0.830. The third kappa shape index (κ3) is 3.54. The van der Waals surface area contributed by atoms with Gasteiger partial charge in [-0.25, -0.2) is 17.6 Å². The maximum absolute atomic E-state index is 12.9. The number of sulfone groups is 1. The van der Waals surface area contributed by atoms with Gasteiger partial charge >= 0.3 is 6.03 Å². The lowest BCUT2D eigenvalue weighted by atomic mass is 10.1. The van der Waals surface area contributed by atoms with Crippen LogP contribution in [-0.2, 0) is 9.84 Å². The van der Waals surface area contributed by atoms with Crippen LogP contribution in [0.4, 0.5) is 14.9 Å². The highest BCUT2D eigenvalue weighted by Gasteiger charge is 2.41. The van der Waals surface area contributed by atoms with Crippen LogP contribution in [0.15, 0.2) is 24.3 Å². The summed E-state index contributed by atoms with van der Waals surface area (Å²) in [7, 11) is -1.15. The number of rotatable bonds is 1. The minimum absolute atomic E-state index is 0.0348. The largest absolute Gasteiger partial charge is 0.324 e. The second kappa shape index (κ2) is 6.68. The molecule has 0 aliphatic carbocycles. The molecule has 0 aromatic heterocycles. The molecule has 6 nitrogen and oxygen atoms in total. The first-order valence-electron chi connectivity index (χ1n) is 8.10. The van der Waals surface area contributed by atoms with Crippen LogP contribution >= 0.6 is 0 Å². The predicted octanol–water partition coefficient (Wildman–Crippen LogP) is 1.55. The summed E-state index contributed by atoms with van der Waals surface area (Å²) in [5.41, 5.74) is 0.521. The molecule has 1 aromatic rings. The van der Waals surface area contributed by atoms with Crippen molar-refractivity contribution in [1.82, 2.24) is 9.80 Å². The van der Waals surface area contributed by atoms with Gasteiger partial charge < -0.3 is 15.1 Å². The molecule has 0 bridgehead atoms. The smallest absolute Gasteiger partial charge is 0.321 e. The van der Waals surface area contributed by atoms with E-state index >= 15 is 0 Å². The average Bonchev–Trinajstić information content (AvgIpc) is 2.78. The topological polar surface area (TPSA) is 69.7 Å². The number of carbonyl (C=O) groups is 1. The van der Waals surface area contributed by atoms with Gasteiger partial charge in [-0.3, -0.25) is 0 Å². The first-order valence-corrected chi connectivity index (χ1v) is 9.82. The monoisotopic (exact) mass is 355 g/mol. The third-order valence-corrected chi connectivity index (χ3v) is 7.17. The predicted molar refractivity (Wildman–Crippen MR) is 90.2 cm³/mol. The van der Waals surface area contributed by atoms with Crippen LogP contribution in [0, 0.1) is 5.82 Å². The number of hydrogen-bond donors (Lipinski definition) is 1. The van der Waals surface area contributed by atoms with E-state index in [1.54, 1.807) is 4.90 Å². The molecule has 2 fully saturated rings. The van der Waals surface area contributed by atoms with Crippen LogP contribution < -0.4 is 5.32 Å². The summed E-state index contributed by atoms with van der Waals surface area (Å²) in [5.74, 6) is -0.174. The number of nitrogens with zero attached hydrogens (tertiary/aromatic N) is 2. The van der Waals surface area contributed by atoms with Crippen LogP contribution in [-0.4, -0.2) is 68.0 Å². The lowest BCUT2D eigenvalue weighted by molar-refractivity contribution is 0.205. The van der Waals surface area contributed by atoms with Crippen LogP contribution in [0.1, 0.15) is 12.8 Å². The Bertz CT molecular complexity index is 708. The molecule has 8 heteroatoms. The van der Waals surface area contributed by atoms with Crippen molar-refractivity contribution in [3.8, 4) is 0 Å². The SMILES string of the molecule is CN1CCS(=O)(=O)[C@@H]2CCN(C(=O)Nc3ccc(F)cc3)CC[C@@H]21.